The number of aliphatic hydroxyl groups is 9. The minimum atomic E-state index is -4.61. The molecule has 22 heteroatoms. The number of nitrogens with zero attached hydrogens (tertiary/aromatic N) is 3. The van der Waals surface area contributed by atoms with Gasteiger partial charge in [-0.1, -0.05) is 11.8 Å². The van der Waals surface area contributed by atoms with Crippen LogP contribution in [0.3, 0.4) is 0 Å². The molecule has 21 nitrogen and oxygen atoms in total. The fraction of sp³-hybridized carbons (Fsp3) is 0.381. The molecule has 0 atom stereocenters. The highest BCUT2D eigenvalue weighted by molar-refractivity contribution is 7.99. The molecular weight excluding hydrogens is 614 g/mol. The number of rotatable bonds is 5. The smallest absolute Gasteiger partial charge is 0.325 e. The molecule has 238 valence electrons. The van der Waals surface area contributed by atoms with E-state index in [1.165, 1.54) is 0 Å². The largest absolute Gasteiger partial charge is 0.504 e. The molecule has 2 aliphatic heterocycles. The molecule has 0 radical (unpaired) electrons. The van der Waals surface area contributed by atoms with E-state index in [0.29, 0.717) is 0 Å². The maximum Gasteiger partial charge on any atom is 0.325 e. The fourth-order valence-corrected chi connectivity index (χ4v) is 5.42. The summed E-state index contributed by atoms with van der Waals surface area (Å²) in [4.78, 5) is 0.338. The van der Waals surface area contributed by atoms with Crippen molar-refractivity contribution < 1.29 is 91.5 Å². The van der Waals surface area contributed by atoms with Gasteiger partial charge >= 0.3 is 23.6 Å². The number of aliphatic imine (C=N–C) groups is 1. The summed E-state index contributed by atoms with van der Waals surface area (Å²) >= 11 is -0.0126. The van der Waals surface area contributed by atoms with Gasteiger partial charge in [0.1, 0.15) is 5.69 Å². The van der Waals surface area contributed by atoms with E-state index in [1.54, 1.807) is 0 Å². The van der Waals surface area contributed by atoms with Gasteiger partial charge in [-0.15, -0.1) is 0 Å². The van der Waals surface area contributed by atoms with Gasteiger partial charge in [0.2, 0.25) is 23.0 Å². The first-order chi connectivity index (χ1) is 19.7. The van der Waals surface area contributed by atoms with Gasteiger partial charge in [-0.05, 0) is 0 Å². The molecule has 2 aliphatic rings. The lowest BCUT2D eigenvalue weighted by Crippen LogP contribution is -2.91. The number of benzene rings is 2. The van der Waals surface area contributed by atoms with E-state index in [0.717, 1.165) is 0 Å². The van der Waals surface area contributed by atoms with Gasteiger partial charge in [-0.2, -0.15) is 4.90 Å². The first-order valence-corrected chi connectivity index (χ1v) is 12.3. The van der Waals surface area contributed by atoms with Crippen LogP contribution in [0.25, 0.3) is 0 Å². The van der Waals surface area contributed by atoms with Crippen LogP contribution in [0.1, 0.15) is 5.56 Å². The summed E-state index contributed by atoms with van der Waals surface area (Å²) in [6, 6.07) is 0. The topological polar surface area (TPSA) is 372 Å². The molecule has 43 heavy (non-hydrogen) atoms. The Balaban J connectivity index is 2.11. The number of aromatic hydroxyl groups is 8. The van der Waals surface area contributed by atoms with Crippen LogP contribution in [-0.4, -0.2) is 152 Å². The van der Waals surface area contributed by atoms with Crippen LogP contribution in [0.15, 0.2) is 14.8 Å². The van der Waals surface area contributed by atoms with E-state index in [-0.39, 0.29) is 18.4 Å². The lowest BCUT2D eigenvalue weighted by molar-refractivity contribution is -0.597. The van der Waals surface area contributed by atoms with Crippen molar-refractivity contribution in [2.45, 2.75) is 33.4 Å². The fourth-order valence-electron chi connectivity index (χ4n) is 4.30. The Hall–Kier alpha value is -3.78. The van der Waals surface area contributed by atoms with Crippen LogP contribution >= 0.6 is 11.8 Å². The highest BCUT2D eigenvalue weighted by Crippen LogP contribution is 2.62. The number of piperazine rings is 1. The number of hydrogen-bond donors (Lipinski definition) is 17. The van der Waals surface area contributed by atoms with E-state index in [1.807, 2.05) is 0 Å². The van der Waals surface area contributed by atoms with Gasteiger partial charge in [0.15, 0.2) is 28.8 Å². The Kier molecular flexibility index (Phi) is 7.59. The Bertz CT molecular complexity index is 1480. The minimum absolute atomic E-state index is 0.0126. The molecule has 0 saturated carbocycles. The Morgan fingerprint density at radius 1 is 0.581 bits per heavy atom. The second kappa shape index (κ2) is 10.2. The number of phenols is 8. The van der Waals surface area contributed by atoms with Crippen molar-refractivity contribution in [2.75, 3.05) is 26.4 Å². The minimum Gasteiger partial charge on any atom is -0.504 e. The zero-order chi connectivity index (χ0) is 32.6. The highest BCUT2D eigenvalue weighted by Gasteiger charge is 2.78. The molecule has 4 rings (SSSR count). The first kappa shape index (κ1) is 32.1. The summed E-state index contributed by atoms with van der Waals surface area (Å²) in [7, 11) is 0. The van der Waals surface area contributed by atoms with Crippen LogP contribution in [0.5, 0.6) is 46.0 Å². The van der Waals surface area contributed by atoms with Crippen LogP contribution in [0.4, 0.5) is 5.69 Å². The molecule has 1 saturated heterocycles. The molecule has 0 bridgehead atoms. The molecule has 0 amide bonds. The third-order valence-electron chi connectivity index (χ3n) is 6.51. The first-order valence-electron chi connectivity index (χ1n) is 11.5. The van der Waals surface area contributed by atoms with Crippen molar-refractivity contribution in [1.82, 2.24) is 9.80 Å². The summed E-state index contributed by atoms with van der Waals surface area (Å²) < 4.78 is 4.84. The van der Waals surface area contributed by atoms with Crippen LogP contribution < -0.4 is 0 Å². The molecule has 0 spiro atoms. The molecule has 0 aromatic heterocycles. The predicted molar refractivity (Wildman–Crippen MR) is 132 cm³/mol. The third-order valence-corrected chi connectivity index (χ3v) is 7.70. The Morgan fingerprint density at radius 2 is 1.05 bits per heavy atom. The average molecular weight is 640 g/mol. The molecule has 1 fully saturated rings. The van der Waals surface area contributed by atoms with Crippen LogP contribution in [-0.2, 0) is 4.74 Å². The van der Waals surface area contributed by atoms with Crippen LogP contribution in [0, 0.1) is 0 Å². The van der Waals surface area contributed by atoms with Crippen molar-refractivity contribution in [2.24, 2.45) is 4.99 Å². The van der Waals surface area contributed by atoms with Gasteiger partial charge < -0.3 is 91.5 Å². The molecule has 0 aliphatic carbocycles. The van der Waals surface area contributed by atoms with E-state index >= 15 is 0 Å². The zero-order valence-electron chi connectivity index (χ0n) is 21.1. The van der Waals surface area contributed by atoms with E-state index in [4.69, 9.17) is 9.84 Å². The number of fused-ring (bicyclic) bond motifs is 2. The highest BCUT2D eigenvalue weighted by atomic mass is 32.2. The number of amidine groups is 1. The molecule has 2 aromatic carbocycles. The SMILES string of the molecule is OCCOCCN1C(O)(O)C(O)(O)N(C2=Nc3c(O)c(O)c(O)c(O)c3Sc3c(O)c(O)c(O)c(O)c32)C(O)(O)C1(O)O. The second-order valence-electron chi connectivity index (χ2n) is 9.07. The maximum atomic E-state index is 11.0. The summed E-state index contributed by atoms with van der Waals surface area (Å²) in [6.45, 7) is -2.83. The van der Waals surface area contributed by atoms with Crippen molar-refractivity contribution in [3.63, 3.8) is 0 Å². The Labute approximate surface area is 241 Å². The summed E-state index contributed by atoms with van der Waals surface area (Å²) in [5, 5.41) is 179. The van der Waals surface area contributed by atoms with Gasteiger partial charge in [0.25, 0.3) is 0 Å². The molecule has 17 N–H and O–H groups in total. The molecular formula is C21H25N3O18S. The maximum absolute atomic E-state index is 11.0. The summed E-state index contributed by atoms with van der Waals surface area (Å²) in [5.41, 5.74) is -2.44. The van der Waals surface area contributed by atoms with Crippen molar-refractivity contribution in [3.05, 3.63) is 5.56 Å². The van der Waals surface area contributed by atoms with Crippen molar-refractivity contribution >= 4 is 23.3 Å². The van der Waals surface area contributed by atoms with E-state index in [9.17, 15) is 81.7 Å². The predicted octanol–water partition coefficient (Wildman–Crippen LogP) is -4.95. The van der Waals surface area contributed by atoms with Gasteiger partial charge in [0, 0.05) is 6.54 Å². The lowest BCUT2D eigenvalue weighted by atomic mass is 10.0. The summed E-state index contributed by atoms with van der Waals surface area (Å²) in [6.07, 6.45) is 0. The van der Waals surface area contributed by atoms with E-state index < -0.39 is 126 Å². The summed E-state index contributed by atoms with van der Waals surface area (Å²) in [5.74, 6) is -31.4. The van der Waals surface area contributed by atoms with Gasteiger partial charge in [0.05, 0.1) is 35.2 Å². The third kappa shape index (κ3) is 4.28. The molecule has 2 heterocycles. The number of hydrogen-bond acceptors (Lipinski definition) is 22. The monoisotopic (exact) mass is 639 g/mol. The number of aliphatic hydroxyl groups excluding tert-OH is 1. The van der Waals surface area contributed by atoms with Crippen molar-refractivity contribution in [1.29, 1.82) is 0 Å². The molecule has 2 aromatic rings. The molecule has 0 unspecified atom stereocenters. The number of ether oxygens (including phenoxy) is 1. The van der Waals surface area contributed by atoms with Gasteiger partial charge in [-0.25, -0.2) is 9.89 Å². The normalized spacial score (nSPS) is 20.2. The quantitative estimate of drug-likeness (QED) is 0.0630. The second-order valence-corrected chi connectivity index (χ2v) is 10.1. The standard InChI is InChI=1S/C21H25N3O18S/c25-2-4-42-3-1-23-18(34,35)20(38,39)24(21(40,41)19(23,36)37)17-5-7(26)9(28)11(30)13(32)15(5)43-16-6(22-17)8(27)10(29)12(31)14(16)33/h25-41H,1-4H2. The zero-order valence-corrected chi connectivity index (χ0v) is 21.9. The van der Waals surface area contributed by atoms with Crippen LogP contribution in [0.2, 0.25) is 0 Å². The van der Waals surface area contributed by atoms with E-state index in [2.05, 4.69) is 4.99 Å². The average Bonchev–Trinajstić information content (AvgIpc) is 3.09. The van der Waals surface area contributed by atoms with Gasteiger partial charge in [-0.3, -0.25) is 0 Å². The Morgan fingerprint density at radius 3 is 1.56 bits per heavy atom. The lowest BCUT2D eigenvalue weighted by Gasteiger charge is -2.61. The van der Waals surface area contributed by atoms with Crippen molar-refractivity contribution in [3.8, 4) is 46.0 Å². The number of phenolic OH excluding ortho intramolecular Hbond substituents is 8.